The van der Waals surface area contributed by atoms with Crippen LogP contribution in [0.3, 0.4) is 0 Å². The second-order valence-corrected chi connectivity index (χ2v) is 5.20. The minimum Gasteiger partial charge on any atom is -0.462 e. The molecule has 2 aliphatic rings. The number of ether oxygens (including phenoxy) is 2. The molecule has 0 aromatic carbocycles. The third-order valence-corrected chi connectivity index (χ3v) is 4.03. The van der Waals surface area contributed by atoms with Crippen LogP contribution in [0.25, 0.3) is 0 Å². The first-order chi connectivity index (χ1) is 7.63. The molecule has 0 aliphatic carbocycles. The average Bonchev–Trinajstić information content (AvgIpc) is 2.75. The fourth-order valence-corrected chi connectivity index (χ4v) is 2.81. The zero-order valence-corrected chi connectivity index (χ0v) is 10.4. The fraction of sp³-hybridized carbons (Fsp3) is 0.923. The maximum atomic E-state index is 11.9. The van der Waals surface area contributed by atoms with Crippen molar-refractivity contribution in [1.82, 2.24) is 0 Å². The Kier molecular flexibility index (Phi) is 3.53. The largest absolute Gasteiger partial charge is 0.462 e. The van der Waals surface area contributed by atoms with E-state index in [-0.39, 0.29) is 30.2 Å². The minimum atomic E-state index is -0.100. The molecule has 3 nitrogen and oxygen atoms in total. The molecule has 0 aromatic heterocycles. The first kappa shape index (κ1) is 11.9. The number of esters is 1. The number of rotatable bonds is 2. The van der Waals surface area contributed by atoms with Crippen molar-refractivity contribution in [2.75, 3.05) is 0 Å². The zero-order chi connectivity index (χ0) is 11.7. The standard InChI is InChI=1S/C13H22O3/c1-4-5-10-8(2)11-6-7-12(15-11)9(3)13(14)16-10/h8-12H,4-7H2,1-3H3. The summed E-state index contributed by atoms with van der Waals surface area (Å²) in [5.74, 6) is 0.161. The average molecular weight is 226 g/mol. The number of hydrogen-bond acceptors (Lipinski definition) is 3. The van der Waals surface area contributed by atoms with Crippen molar-refractivity contribution in [2.24, 2.45) is 11.8 Å². The van der Waals surface area contributed by atoms with E-state index in [0.29, 0.717) is 5.92 Å². The van der Waals surface area contributed by atoms with Crippen LogP contribution < -0.4 is 0 Å². The van der Waals surface area contributed by atoms with Gasteiger partial charge in [-0.3, -0.25) is 4.79 Å². The number of cyclic esters (lactones) is 1. The Morgan fingerprint density at radius 3 is 2.62 bits per heavy atom. The number of carbonyl (C=O) groups excluding carboxylic acids is 1. The van der Waals surface area contributed by atoms with Gasteiger partial charge in [-0.25, -0.2) is 0 Å². The second-order valence-electron chi connectivity index (χ2n) is 5.20. The van der Waals surface area contributed by atoms with E-state index in [4.69, 9.17) is 9.47 Å². The smallest absolute Gasteiger partial charge is 0.311 e. The maximum absolute atomic E-state index is 11.9. The van der Waals surface area contributed by atoms with Crippen LogP contribution in [0.15, 0.2) is 0 Å². The highest BCUT2D eigenvalue weighted by Crippen LogP contribution is 2.35. The van der Waals surface area contributed by atoms with Gasteiger partial charge < -0.3 is 9.47 Å². The molecule has 5 unspecified atom stereocenters. The van der Waals surface area contributed by atoms with E-state index in [1.807, 2.05) is 6.92 Å². The van der Waals surface area contributed by atoms with Crippen molar-refractivity contribution < 1.29 is 14.3 Å². The lowest BCUT2D eigenvalue weighted by Crippen LogP contribution is -2.40. The van der Waals surface area contributed by atoms with Gasteiger partial charge in [0.2, 0.25) is 0 Å². The van der Waals surface area contributed by atoms with Gasteiger partial charge in [-0.2, -0.15) is 0 Å². The maximum Gasteiger partial charge on any atom is 0.311 e. The molecule has 16 heavy (non-hydrogen) atoms. The Morgan fingerprint density at radius 1 is 1.25 bits per heavy atom. The summed E-state index contributed by atoms with van der Waals surface area (Å²) in [6.07, 6.45) is 4.50. The lowest BCUT2D eigenvalue weighted by molar-refractivity contribution is -0.172. The summed E-state index contributed by atoms with van der Waals surface area (Å²) in [4.78, 5) is 11.9. The van der Waals surface area contributed by atoms with Crippen LogP contribution in [0.2, 0.25) is 0 Å². The monoisotopic (exact) mass is 226 g/mol. The Bertz CT molecular complexity index is 264. The normalized spacial score (nSPS) is 43.7. The van der Waals surface area contributed by atoms with Gasteiger partial charge in [-0.05, 0) is 26.2 Å². The molecule has 2 rings (SSSR count). The quantitative estimate of drug-likeness (QED) is 0.679. The first-order valence-corrected chi connectivity index (χ1v) is 6.49. The second kappa shape index (κ2) is 4.74. The molecule has 2 heterocycles. The van der Waals surface area contributed by atoms with Crippen LogP contribution in [0.1, 0.15) is 46.5 Å². The molecule has 3 heteroatoms. The van der Waals surface area contributed by atoms with Gasteiger partial charge >= 0.3 is 5.97 Å². The minimum absolute atomic E-state index is 0.0454. The lowest BCUT2D eigenvalue weighted by atomic mass is 9.93. The topological polar surface area (TPSA) is 35.5 Å². The number of fused-ring (bicyclic) bond motifs is 2. The summed E-state index contributed by atoms with van der Waals surface area (Å²) >= 11 is 0. The molecule has 2 fully saturated rings. The molecule has 5 atom stereocenters. The summed E-state index contributed by atoms with van der Waals surface area (Å²) in [5.41, 5.74) is 0. The van der Waals surface area contributed by atoms with Crippen LogP contribution in [-0.2, 0) is 14.3 Å². The SMILES string of the molecule is CCCC1OC(=O)C(C)C2CCC(O2)C1C. The Morgan fingerprint density at radius 2 is 1.94 bits per heavy atom. The molecule has 92 valence electrons. The van der Waals surface area contributed by atoms with E-state index in [9.17, 15) is 4.79 Å². The lowest BCUT2D eigenvalue weighted by Gasteiger charge is -2.33. The Labute approximate surface area is 97.5 Å². The van der Waals surface area contributed by atoms with E-state index in [1.165, 1.54) is 0 Å². The molecular formula is C13H22O3. The summed E-state index contributed by atoms with van der Waals surface area (Å²) < 4.78 is 11.6. The van der Waals surface area contributed by atoms with E-state index in [0.717, 1.165) is 25.7 Å². The zero-order valence-electron chi connectivity index (χ0n) is 10.4. The highest BCUT2D eigenvalue weighted by Gasteiger charge is 2.42. The van der Waals surface area contributed by atoms with E-state index in [1.54, 1.807) is 0 Å². The van der Waals surface area contributed by atoms with Gasteiger partial charge in [0.25, 0.3) is 0 Å². The van der Waals surface area contributed by atoms with Gasteiger partial charge in [0.15, 0.2) is 0 Å². The highest BCUT2D eigenvalue weighted by molar-refractivity contribution is 5.73. The molecule has 2 aliphatic heterocycles. The Balaban J connectivity index is 2.14. The summed E-state index contributed by atoms with van der Waals surface area (Å²) in [6.45, 7) is 6.20. The van der Waals surface area contributed by atoms with Crippen LogP contribution in [0.5, 0.6) is 0 Å². The van der Waals surface area contributed by atoms with Crippen molar-refractivity contribution in [2.45, 2.75) is 64.8 Å². The van der Waals surface area contributed by atoms with Crippen LogP contribution >= 0.6 is 0 Å². The van der Waals surface area contributed by atoms with Crippen molar-refractivity contribution in [3.8, 4) is 0 Å². The van der Waals surface area contributed by atoms with E-state index in [2.05, 4.69) is 13.8 Å². The van der Waals surface area contributed by atoms with Crippen LogP contribution in [0.4, 0.5) is 0 Å². The van der Waals surface area contributed by atoms with Crippen LogP contribution in [0, 0.1) is 11.8 Å². The number of carbonyl (C=O) groups is 1. The molecule has 0 N–H and O–H groups in total. The van der Waals surface area contributed by atoms with Gasteiger partial charge in [0.1, 0.15) is 6.10 Å². The first-order valence-electron chi connectivity index (χ1n) is 6.49. The van der Waals surface area contributed by atoms with Gasteiger partial charge in [0, 0.05) is 5.92 Å². The summed E-state index contributed by atoms with van der Waals surface area (Å²) in [6, 6.07) is 0. The third kappa shape index (κ3) is 2.10. The van der Waals surface area contributed by atoms with Crippen molar-refractivity contribution in [3.05, 3.63) is 0 Å². The third-order valence-electron chi connectivity index (χ3n) is 4.03. The predicted molar refractivity (Wildman–Crippen MR) is 61.0 cm³/mol. The molecule has 0 amide bonds. The van der Waals surface area contributed by atoms with E-state index < -0.39 is 0 Å². The molecule has 2 saturated heterocycles. The molecule has 0 aromatic rings. The van der Waals surface area contributed by atoms with Gasteiger partial charge in [0.05, 0.1) is 18.1 Å². The van der Waals surface area contributed by atoms with Gasteiger partial charge in [-0.15, -0.1) is 0 Å². The molecule has 0 radical (unpaired) electrons. The Hall–Kier alpha value is -0.570. The fourth-order valence-electron chi connectivity index (χ4n) is 2.81. The van der Waals surface area contributed by atoms with Crippen LogP contribution in [-0.4, -0.2) is 24.3 Å². The van der Waals surface area contributed by atoms with Crippen molar-refractivity contribution in [1.29, 1.82) is 0 Å². The van der Waals surface area contributed by atoms with E-state index >= 15 is 0 Å². The molecule has 0 spiro atoms. The molecule has 0 saturated carbocycles. The van der Waals surface area contributed by atoms with Crippen molar-refractivity contribution >= 4 is 5.97 Å². The summed E-state index contributed by atoms with van der Waals surface area (Å²) in [7, 11) is 0. The molecular weight excluding hydrogens is 204 g/mol. The highest BCUT2D eigenvalue weighted by atomic mass is 16.6. The molecule has 2 bridgehead atoms. The number of hydrogen-bond donors (Lipinski definition) is 0. The summed E-state index contributed by atoms with van der Waals surface area (Å²) in [5, 5.41) is 0. The van der Waals surface area contributed by atoms with Gasteiger partial charge in [-0.1, -0.05) is 20.3 Å². The predicted octanol–water partition coefficient (Wildman–Crippen LogP) is 2.53. The van der Waals surface area contributed by atoms with Crippen molar-refractivity contribution in [3.63, 3.8) is 0 Å².